The summed E-state index contributed by atoms with van der Waals surface area (Å²) in [5.74, 6) is 0. The zero-order valence-corrected chi connectivity index (χ0v) is 14.8. The fourth-order valence-electron chi connectivity index (χ4n) is 4.64. The van der Waals surface area contributed by atoms with E-state index in [1.54, 1.807) is 16.6 Å². The molecule has 0 bridgehead atoms. The van der Waals surface area contributed by atoms with Gasteiger partial charge in [-0.1, -0.05) is 77.8 Å². The van der Waals surface area contributed by atoms with Crippen LogP contribution in [0.15, 0.2) is 18.2 Å². The lowest BCUT2D eigenvalue weighted by Crippen LogP contribution is -2.32. The van der Waals surface area contributed by atoms with Crippen LogP contribution >= 0.6 is 0 Å². The van der Waals surface area contributed by atoms with Crippen molar-refractivity contribution >= 4 is 12.2 Å². The monoisotopic (exact) mass is 282 g/mol. The first-order chi connectivity index (χ1) is 9.62. The molecule has 2 aliphatic rings. The van der Waals surface area contributed by atoms with E-state index in [1.165, 1.54) is 31.9 Å². The molecule has 1 saturated heterocycles. The molecule has 3 rings (SSSR count). The number of aryl methyl sites for hydroxylation is 1. The van der Waals surface area contributed by atoms with Gasteiger partial charge in [0.2, 0.25) is 0 Å². The second kappa shape index (κ2) is 4.64. The Morgan fingerprint density at radius 3 is 2.14 bits per heavy atom. The molecular weight excluding hydrogens is 251 g/mol. The third-order valence-corrected chi connectivity index (χ3v) is 6.93. The molecule has 1 aromatic rings. The van der Waals surface area contributed by atoms with Crippen LogP contribution in [0.4, 0.5) is 0 Å². The van der Waals surface area contributed by atoms with Gasteiger partial charge in [-0.25, -0.2) is 0 Å². The van der Waals surface area contributed by atoms with Gasteiger partial charge in [0.1, 0.15) is 0 Å². The van der Waals surface area contributed by atoms with Crippen molar-refractivity contribution in [3.63, 3.8) is 0 Å². The zero-order valence-electron chi connectivity index (χ0n) is 14.8. The minimum atomic E-state index is 0.368. The highest BCUT2D eigenvalue weighted by atomic mass is 14.4. The van der Waals surface area contributed by atoms with Crippen LogP contribution in [0, 0.1) is 10.8 Å². The lowest BCUT2D eigenvalue weighted by molar-refractivity contribution is 0.177. The van der Waals surface area contributed by atoms with Crippen molar-refractivity contribution in [3.05, 3.63) is 29.3 Å². The molecule has 0 saturated carbocycles. The fourth-order valence-corrected chi connectivity index (χ4v) is 4.64. The maximum Gasteiger partial charge on any atom is 0.176 e. The molecule has 0 radical (unpaired) electrons. The molecule has 1 fully saturated rings. The predicted molar refractivity (Wildman–Crippen MR) is 95.0 cm³/mol. The summed E-state index contributed by atoms with van der Waals surface area (Å²) in [5.41, 5.74) is 6.10. The van der Waals surface area contributed by atoms with Crippen molar-refractivity contribution in [2.75, 3.05) is 0 Å². The van der Waals surface area contributed by atoms with E-state index in [2.05, 4.69) is 59.7 Å². The Morgan fingerprint density at radius 1 is 0.905 bits per heavy atom. The normalized spacial score (nSPS) is 25.7. The smallest absolute Gasteiger partial charge is 0.0797 e. The Hall–Kier alpha value is -0.715. The van der Waals surface area contributed by atoms with Gasteiger partial charge in [-0.15, -0.1) is 0 Å². The molecule has 0 unspecified atom stereocenters. The van der Waals surface area contributed by atoms with E-state index in [-0.39, 0.29) is 0 Å². The quantitative estimate of drug-likeness (QED) is 0.631. The van der Waals surface area contributed by atoms with E-state index in [0.717, 1.165) is 6.71 Å². The number of fused-ring (bicyclic) bond motifs is 1. The minimum Gasteiger partial charge on any atom is -0.0797 e. The molecule has 0 nitrogen and oxygen atoms in total. The largest absolute Gasteiger partial charge is 0.176 e. The third kappa shape index (κ3) is 2.47. The van der Waals surface area contributed by atoms with Crippen molar-refractivity contribution in [2.45, 2.75) is 78.9 Å². The average Bonchev–Trinajstić information content (AvgIpc) is 2.58. The Morgan fingerprint density at radius 2 is 1.52 bits per heavy atom. The van der Waals surface area contributed by atoms with Crippen LogP contribution in [0.25, 0.3) is 0 Å². The standard InChI is InChI=1S/C20H31B/c1-18(2)11-7-8-15-9-10-16(12-17(15)18)21-13-19(3,4)20(5,6)14-21/h9-10,12H,7-8,11,13-14H2,1-6H3. The Kier molecular flexibility index (Phi) is 3.36. The number of hydrogen-bond donors (Lipinski definition) is 0. The van der Waals surface area contributed by atoms with Crippen molar-refractivity contribution < 1.29 is 0 Å². The molecule has 21 heavy (non-hydrogen) atoms. The lowest BCUT2D eigenvalue weighted by Gasteiger charge is -2.35. The first kappa shape index (κ1) is 15.2. The summed E-state index contributed by atoms with van der Waals surface area (Å²) in [5, 5.41) is 0. The average molecular weight is 282 g/mol. The first-order valence-electron chi connectivity index (χ1n) is 8.76. The van der Waals surface area contributed by atoms with Gasteiger partial charge >= 0.3 is 0 Å². The van der Waals surface area contributed by atoms with Gasteiger partial charge in [0.05, 0.1) is 0 Å². The molecule has 1 heteroatoms. The minimum absolute atomic E-state index is 0.368. The van der Waals surface area contributed by atoms with E-state index in [1.807, 2.05) is 0 Å². The first-order valence-corrected chi connectivity index (χ1v) is 8.76. The van der Waals surface area contributed by atoms with Crippen molar-refractivity contribution in [2.24, 2.45) is 10.8 Å². The zero-order chi connectivity index (χ0) is 15.5. The van der Waals surface area contributed by atoms with Gasteiger partial charge in [0, 0.05) is 0 Å². The number of rotatable bonds is 1. The van der Waals surface area contributed by atoms with Gasteiger partial charge in [0.25, 0.3) is 0 Å². The molecule has 114 valence electrons. The topological polar surface area (TPSA) is 0 Å². The summed E-state index contributed by atoms with van der Waals surface area (Å²) in [7, 11) is 0. The second-order valence-corrected chi connectivity index (χ2v) is 9.53. The summed E-state index contributed by atoms with van der Waals surface area (Å²) < 4.78 is 0. The SMILES string of the molecule is CC1(C)CCCc2ccc(B3CC(C)(C)C(C)(C)C3)cc21. The molecule has 0 aromatic heterocycles. The van der Waals surface area contributed by atoms with Crippen molar-refractivity contribution in [1.82, 2.24) is 0 Å². The van der Waals surface area contributed by atoms with Gasteiger partial charge in [-0.3, -0.25) is 0 Å². The van der Waals surface area contributed by atoms with Gasteiger partial charge in [-0.05, 0) is 46.6 Å². The highest BCUT2D eigenvalue weighted by Gasteiger charge is 2.48. The molecular formula is C20H31B. The Bertz CT molecular complexity index is 535. The van der Waals surface area contributed by atoms with Crippen LogP contribution in [0.3, 0.4) is 0 Å². The van der Waals surface area contributed by atoms with E-state index in [0.29, 0.717) is 16.2 Å². The van der Waals surface area contributed by atoms with Crippen LogP contribution in [0.2, 0.25) is 12.6 Å². The van der Waals surface area contributed by atoms with Crippen molar-refractivity contribution in [1.29, 1.82) is 0 Å². The number of benzene rings is 1. The Labute approximate surface area is 131 Å². The molecule has 1 aliphatic carbocycles. The van der Waals surface area contributed by atoms with E-state index >= 15 is 0 Å². The maximum absolute atomic E-state index is 2.57. The van der Waals surface area contributed by atoms with E-state index in [9.17, 15) is 0 Å². The third-order valence-electron chi connectivity index (χ3n) is 6.93. The molecule has 0 spiro atoms. The van der Waals surface area contributed by atoms with Gasteiger partial charge in [-0.2, -0.15) is 0 Å². The van der Waals surface area contributed by atoms with Crippen LogP contribution in [-0.4, -0.2) is 6.71 Å². The molecule has 0 N–H and O–H groups in total. The van der Waals surface area contributed by atoms with Crippen LogP contribution < -0.4 is 5.46 Å². The van der Waals surface area contributed by atoms with Gasteiger partial charge in [0.15, 0.2) is 6.71 Å². The fraction of sp³-hybridized carbons (Fsp3) is 0.700. The Balaban J connectivity index is 1.95. The summed E-state index contributed by atoms with van der Waals surface area (Å²) in [4.78, 5) is 0. The molecule has 1 heterocycles. The van der Waals surface area contributed by atoms with Gasteiger partial charge < -0.3 is 0 Å². The highest BCUT2D eigenvalue weighted by molar-refractivity contribution is 6.74. The maximum atomic E-state index is 2.57. The van der Waals surface area contributed by atoms with Crippen LogP contribution in [0.1, 0.15) is 65.5 Å². The predicted octanol–water partition coefficient (Wildman–Crippen LogP) is 5.07. The highest BCUT2D eigenvalue weighted by Crippen LogP contribution is 2.52. The molecule has 0 amide bonds. The summed E-state index contributed by atoms with van der Waals surface area (Å²) in [6.45, 7) is 15.4. The molecule has 1 aliphatic heterocycles. The van der Waals surface area contributed by atoms with E-state index < -0.39 is 0 Å². The summed E-state index contributed by atoms with van der Waals surface area (Å²) >= 11 is 0. The molecule has 1 aromatic carbocycles. The van der Waals surface area contributed by atoms with Crippen LogP contribution in [-0.2, 0) is 11.8 Å². The second-order valence-electron chi connectivity index (χ2n) is 9.53. The number of hydrogen-bond acceptors (Lipinski definition) is 0. The lowest BCUT2D eigenvalue weighted by atomic mass is 9.42. The molecule has 0 atom stereocenters. The summed E-state index contributed by atoms with van der Waals surface area (Å²) in [6, 6.07) is 7.43. The summed E-state index contributed by atoms with van der Waals surface area (Å²) in [6.07, 6.45) is 6.63. The van der Waals surface area contributed by atoms with Crippen molar-refractivity contribution in [3.8, 4) is 0 Å². The van der Waals surface area contributed by atoms with Crippen LogP contribution in [0.5, 0.6) is 0 Å². The van der Waals surface area contributed by atoms with E-state index in [4.69, 9.17) is 0 Å².